The van der Waals surface area contributed by atoms with E-state index in [1.54, 1.807) is 0 Å². The van der Waals surface area contributed by atoms with Crippen LogP contribution in [-0.2, 0) is 5.41 Å². The number of nitrogens with one attached hydrogen (secondary N) is 1. The molecule has 1 aliphatic rings. The number of nitrogens with two attached hydrogens (primary N) is 1. The fraction of sp³-hybridized carbons (Fsp3) is 0.733. The summed E-state index contributed by atoms with van der Waals surface area (Å²) in [6, 6.07) is 0. The van der Waals surface area contributed by atoms with E-state index in [0.29, 0.717) is 5.82 Å². The van der Waals surface area contributed by atoms with E-state index >= 15 is 0 Å². The first kappa shape index (κ1) is 14.1. The molecule has 0 amide bonds. The topological polar surface area (TPSA) is 63.8 Å². The van der Waals surface area contributed by atoms with Crippen molar-refractivity contribution in [2.45, 2.75) is 65.3 Å². The first-order valence-electron chi connectivity index (χ1n) is 7.04. The van der Waals surface area contributed by atoms with Crippen LogP contribution in [-0.4, -0.2) is 15.5 Å². The van der Waals surface area contributed by atoms with Crippen LogP contribution in [0.5, 0.6) is 0 Å². The van der Waals surface area contributed by atoms with Crippen LogP contribution in [0.3, 0.4) is 0 Å². The van der Waals surface area contributed by atoms with Crippen molar-refractivity contribution in [1.29, 1.82) is 0 Å². The Hall–Kier alpha value is -1.32. The molecule has 0 unspecified atom stereocenters. The third-order valence-corrected chi connectivity index (χ3v) is 3.89. The molecule has 0 spiro atoms. The molecule has 106 valence electrons. The third kappa shape index (κ3) is 2.99. The summed E-state index contributed by atoms with van der Waals surface area (Å²) >= 11 is 0. The minimum absolute atomic E-state index is 0.0701. The summed E-state index contributed by atoms with van der Waals surface area (Å²) in [5, 5.41) is 3.57. The van der Waals surface area contributed by atoms with Crippen LogP contribution >= 0.6 is 0 Å². The van der Waals surface area contributed by atoms with E-state index in [0.717, 1.165) is 23.1 Å². The van der Waals surface area contributed by atoms with E-state index in [4.69, 9.17) is 10.7 Å². The number of anilines is 2. The van der Waals surface area contributed by atoms with Gasteiger partial charge in [0.2, 0.25) is 0 Å². The Morgan fingerprint density at radius 2 is 1.68 bits per heavy atom. The number of hydrogen-bond acceptors (Lipinski definition) is 4. The predicted molar refractivity (Wildman–Crippen MR) is 80.3 cm³/mol. The Morgan fingerprint density at radius 1 is 1.11 bits per heavy atom. The van der Waals surface area contributed by atoms with Crippen molar-refractivity contribution in [3.8, 4) is 0 Å². The standard InChI is InChI=1S/C15H26N4/c1-9-11(16)17-13(14(2,3)4)18-12(9)19-15(5,6)10-7-8-10/h10H,7-8H2,1-6H3,(H3,16,17,18,19). The first-order chi connectivity index (χ1) is 8.61. The highest BCUT2D eigenvalue weighted by molar-refractivity contribution is 5.56. The lowest BCUT2D eigenvalue weighted by Crippen LogP contribution is -2.34. The second-order valence-corrected chi connectivity index (χ2v) is 7.28. The van der Waals surface area contributed by atoms with E-state index in [-0.39, 0.29) is 11.0 Å². The highest BCUT2D eigenvalue weighted by atomic mass is 15.1. The number of aromatic nitrogens is 2. The third-order valence-electron chi connectivity index (χ3n) is 3.89. The summed E-state index contributed by atoms with van der Waals surface area (Å²) in [4.78, 5) is 9.12. The van der Waals surface area contributed by atoms with Gasteiger partial charge in [-0.1, -0.05) is 20.8 Å². The molecule has 0 aromatic carbocycles. The lowest BCUT2D eigenvalue weighted by molar-refractivity contribution is 0.489. The highest BCUT2D eigenvalue weighted by Gasteiger charge is 2.38. The SMILES string of the molecule is Cc1c(N)nc(C(C)(C)C)nc1NC(C)(C)C1CC1. The summed E-state index contributed by atoms with van der Waals surface area (Å²) in [7, 11) is 0. The van der Waals surface area contributed by atoms with Crippen molar-refractivity contribution < 1.29 is 0 Å². The second-order valence-electron chi connectivity index (χ2n) is 7.28. The molecule has 1 aromatic rings. The number of rotatable bonds is 3. The minimum Gasteiger partial charge on any atom is -0.383 e. The van der Waals surface area contributed by atoms with Gasteiger partial charge in [-0.3, -0.25) is 0 Å². The molecule has 1 saturated carbocycles. The molecular formula is C15H26N4. The van der Waals surface area contributed by atoms with Crippen molar-refractivity contribution in [2.24, 2.45) is 5.92 Å². The van der Waals surface area contributed by atoms with Gasteiger partial charge in [0.05, 0.1) is 0 Å². The summed E-state index contributed by atoms with van der Waals surface area (Å²) in [5.41, 5.74) is 6.96. The van der Waals surface area contributed by atoms with Gasteiger partial charge in [0.1, 0.15) is 17.5 Å². The molecule has 4 nitrogen and oxygen atoms in total. The van der Waals surface area contributed by atoms with Crippen LogP contribution in [0.2, 0.25) is 0 Å². The molecule has 2 rings (SSSR count). The predicted octanol–water partition coefficient (Wildman–Crippen LogP) is 3.27. The average Bonchev–Trinajstić information content (AvgIpc) is 3.06. The van der Waals surface area contributed by atoms with Crippen LogP contribution in [0.15, 0.2) is 0 Å². The van der Waals surface area contributed by atoms with Crippen molar-refractivity contribution in [1.82, 2.24) is 9.97 Å². The fourth-order valence-electron chi connectivity index (χ4n) is 2.20. The molecule has 0 radical (unpaired) electrons. The van der Waals surface area contributed by atoms with Crippen LogP contribution in [0.4, 0.5) is 11.6 Å². The largest absolute Gasteiger partial charge is 0.383 e. The molecule has 19 heavy (non-hydrogen) atoms. The molecule has 3 N–H and O–H groups in total. The number of hydrogen-bond donors (Lipinski definition) is 2. The van der Waals surface area contributed by atoms with Crippen molar-refractivity contribution in [2.75, 3.05) is 11.1 Å². The lowest BCUT2D eigenvalue weighted by atomic mass is 9.95. The average molecular weight is 262 g/mol. The molecular weight excluding hydrogens is 236 g/mol. The zero-order chi connectivity index (χ0) is 14.4. The van der Waals surface area contributed by atoms with Gasteiger partial charge >= 0.3 is 0 Å². The molecule has 1 heterocycles. The van der Waals surface area contributed by atoms with Gasteiger partial charge in [0.25, 0.3) is 0 Å². The van der Waals surface area contributed by atoms with Gasteiger partial charge in [0.15, 0.2) is 0 Å². The molecule has 1 aliphatic carbocycles. The number of nitrogens with zero attached hydrogens (tertiary/aromatic N) is 2. The summed E-state index contributed by atoms with van der Waals surface area (Å²) in [6.07, 6.45) is 2.59. The molecule has 0 atom stereocenters. The van der Waals surface area contributed by atoms with Crippen LogP contribution in [0.1, 0.15) is 58.8 Å². The monoisotopic (exact) mass is 262 g/mol. The van der Waals surface area contributed by atoms with E-state index in [2.05, 4.69) is 44.9 Å². The molecule has 4 heteroatoms. The maximum Gasteiger partial charge on any atom is 0.138 e. The summed E-state index contributed by atoms with van der Waals surface area (Å²) in [5.74, 6) is 2.99. The Morgan fingerprint density at radius 3 is 2.16 bits per heavy atom. The Balaban J connectivity index is 2.36. The Bertz CT molecular complexity index is 482. The smallest absolute Gasteiger partial charge is 0.138 e. The van der Waals surface area contributed by atoms with Gasteiger partial charge < -0.3 is 11.1 Å². The van der Waals surface area contributed by atoms with E-state index < -0.39 is 0 Å². The molecule has 1 aromatic heterocycles. The summed E-state index contributed by atoms with van der Waals surface area (Å²) < 4.78 is 0. The van der Waals surface area contributed by atoms with Crippen LogP contribution in [0, 0.1) is 12.8 Å². The van der Waals surface area contributed by atoms with Crippen LogP contribution in [0.25, 0.3) is 0 Å². The van der Waals surface area contributed by atoms with E-state index in [9.17, 15) is 0 Å². The van der Waals surface area contributed by atoms with Crippen molar-refractivity contribution >= 4 is 11.6 Å². The first-order valence-corrected chi connectivity index (χ1v) is 7.04. The van der Waals surface area contributed by atoms with E-state index in [1.165, 1.54) is 12.8 Å². The quantitative estimate of drug-likeness (QED) is 0.877. The van der Waals surface area contributed by atoms with Gasteiger partial charge in [-0.2, -0.15) is 0 Å². The summed E-state index contributed by atoms with van der Waals surface area (Å²) in [6.45, 7) is 12.8. The zero-order valence-corrected chi connectivity index (χ0v) is 13.0. The van der Waals surface area contributed by atoms with Gasteiger partial charge in [0, 0.05) is 16.5 Å². The molecule has 1 fully saturated rings. The Labute approximate surface area is 116 Å². The highest BCUT2D eigenvalue weighted by Crippen LogP contribution is 2.41. The van der Waals surface area contributed by atoms with Gasteiger partial charge in [-0.25, -0.2) is 9.97 Å². The fourth-order valence-corrected chi connectivity index (χ4v) is 2.20. The van der Waals surface area contributed by atoms with Crippen molar-refractivity contribution in [3.63, 3.8) is 0 Å². The van der Waals surface area contributed by atoms with E-state index in [1.807, 2.05) is 6.92 Å². The maximum atomic E-state index is 6.04. The molecule has 0 bridgehead atoms. The minimum atomic E-state index is -0.0953. The van der Waals surface area contributed by atoms with Gasteiger partial charge in [-0.15, -0.1) is 0 Å². The Kier molecular flexibility index (Phi) is 3.23. The molecule has 0 aliphatic heterocycles. The lowest BCUT2D eigenvalue weighted by Gasteiger charge is -2.29. The van der Waals surface area contributed by atoms with Gasteiger partial charge in [-0.05, 0) is 39.5 Å². The van der Waals surface area contributed by atoms with Crippen LogP contribution < -0.4 is 11.1 Å². The normalized spacial score (nSPS) is 16.5. The van der Waals surface area contributed by atoms with Crippen molar-refractivity contribution in [3.05, 3.63) is 11.4 Å². The zero-order valence-electron chi connectivity index (χ0n) is 13.0. The maximum absolute atomic E-state index is 6.04. The second kappa shape index (κ2) is 4.36. The number of nitrogen functional groups attached to an aromatic ring is 1. The molecule has 0 saturated heterocycles.